The van der Waals surface area contributed by atoms with Crippen molar-refractivity contribution in [1.82, 2.24) is 4.98 Å². The lowest BCUT2D eigenvalue weighted by Gasteiger charge is -2.25. The van der Waals surface area contributed by atoms with Crippen LogP contribution in [0.25, 0.3) is 61.0 Å². The van der Waals surface area contributed by atoms with Gasteiger partial charge in [0.15, 0.2) is 0 Å². The number of rotatable bonds is 12. The molecular formula is C57H53B2N3. The van der Waals surface area contributed by atoms with E-state index < -0.39 is 0 Å². The highest BCUT2D eigenvalue weighted by molar-refractivity contribution is 6.39. The summed E-state index contributed by atoms with van der Waals surface area (Å²) in [5.41, 5.74) is 28.1. The summed E-state index contributed by atoms with van der Waals surface area (Å²) in [7, 11) is 14.1. The monoisotopic (exact) mass is 801 g/mol. The van der Waals surface area contributed by atoms with Crippen LogP contribution >= 0.6 is 0 Å². The van der Waals surface area contributed by atoms with E-state index in [0.717, 1.165) is 103 Å². The van der Waals surface area contributed by atoms with Crippen molar-refractivity contribution >= 4 is 65.7 Å². The zero-order valence-corrected chi connectivity index (χ0v) is 36.6. The van der Waals surface area contributed by atoms with Gasteiger partial charge in [-0.3, -0.25) is 0 Å². The molecule has 0 aliphatic heterocycles. The van der Waals surface area contributed by atoms with Gasteiger partial charge >= 0.3 is 0 Å². The molecular weight excluding hydrogens is 748 g/mol. The molecule has 0 atom stereocenters. The molecule has 7 aromatic rings. The van der Waals surface area contributed by atoms with Crippen LogP contribution in [0, 0.1) is 0 Å². The number of aromatic amines is 1. The van der Waals surface area contributed by atoms with Gasteiger partial charge in [0.2, 0.25) is 0 Å². The smallest absolute Gasteiger partial charge is 0.115 e. The number of hydrogen-bond donors (Lipinski definition) is 3. The highest BCUT2D eigenvalue weighted by atomic mass is 14.9. The molecule has 1 aliphatic carbocycles. The molecule has 3 nitrogen and oxygen atoms in total. The summed E-state index contributed by atoms with van der Waals surface area (Å²) in [6, 6.07) is 44.7. The predicted octanol–water partition coefficient (Wildman–Crippen LogP) is 13.3. The number of aryl methyl sites for hydroxylation is 1. The van der Waals surface area contributed by atoms with E-state index in [4.69, 9.17) is 21.4 Å². The molecule has 5 heteroatoms. The fourth-order valence-corrected chi connectivity index (χ4v) is 9.13. The number of nitrogens with one attached hydrogen (secondary N) is 2. The fourth-order valence-electron chi connectivity index (χ4n) is 9.13. The van der Waals surface area contributed by atoms with Gasteiger partial charge in [0.1, 0.15) is 21.5 Å². The molecule has 0 unspecified atom stereocenters. The molecule has 62 heavy (non-hydrogen) atoms. The Morgan fingerprint density at radius 3 is 2.31 bits per heavy atom. The molecule has 0 fully saturated rings. The standard InChI is InChI=1S/C57H53B2N3/c1-6-18-38-23-12-14-25-44(38)53(36(3)4)50-33-41(43-24-13-11-20-37(43)5)32-49(56(50)59)45-27-17-28-47(55-46-26-15-16-29-52(46)62-57(55)60)54(45)40(19-7-2)35-61-51-31-30-42(58)34-48(51)39-21-9-8-10-22-39/h7-10,12-17,19,21-35,61-62H,6,11,18,20,60H2,1-5H3/b19-7-,40-35-. The normalized spacial score (nSPS) is 13.0. The van der Waals surface area contributed by atoms with Gasteiger partial charge in [0.05, 0.1) is 0 Å². The lowest BCUT2D eigenvalue weighted by Crippen LogP contribution is -2.17. The van der Waals surface area contributed by atoms with Crippen LogP contribution in [0.5, 0.6) is 0 Å². The van der Waals surface area contributed by atoms with Crippen LogP contribution in [0.2, 0.25) is 0 Å². The summed E-state index contributed by atoms with van der Waals surface area (Å²) in [4.78, 5) is 3.48. The van der Waals surface area contributed by atoms with Crippen LogP contribution in [-0.4, -0.2) is 20.7 Å². The summed E-state index contributed by atoms with van der Waals surface area (Å²) in [5, 5.41) is 4.78. The Morgan fingerprint density at radius 1 is 0.774 bits per heavy atom. The molecule has 1 aliphatic rings. The molecule has 0 saturated heterocycles. The second-order valence-electron chi connectivity index (χ2n) is 16.5. The van der Waals surface area contributed by atoms with E-state index >= 15 is 0 Å². The maximum Gasteiger partial charge on any atom is 0.115 e. The van der Waals surface area contributed by atoms with E-state index in [0.29, 0.717) is 11.3 Å². The van der Waals surface area contributed by atoms with E-state index in [1.54, 1.807) is 0 Å². The van der Waals surface area contributed by atoms with Crippen molar-refractivity contribution in [3.63, 3.8) is 0 Å². The van der Waals surface area contributed by atoms with Gasteiger partial charge in [-0.25, -0.2) is 0 Å². The maximum absolute atomic E-state index is 7.68. The van der Waals surface area contributed by atoms with Crippen LogP contribution < -0.4 is 22.0 Å². The summed E-state index contributed by atoms with van der Waals surface area (Å²) in [5.74, 6) is 0.608. The molecule has 8 rings (SSSR count). The zero-order valence-electron chi connectivity index (χ0n) is 36.6. The van der Waals surface area contributed by atoms with Crippen molar-refractivity contribution in [3.8, 4) is 33.4 Å². The quantitative estimate of drug-likeness (QED) is 0.0851. The van der Waals surface area contributed by atoms with Gasteiger partial charge in [-0.15, -0.1) is 0 Å². The van der Waals surface area contributed by atoms with E-state index in [1.807, 2.05) is 42.5 Å². The average Bonchev–Trinajstić information content (AvgIpc) is 3.62. The van der Waals surface area contributed by atoms with Gasteiger partial charge < -0.3 is 16.0 Å². The minimum atomic E-state index is 0.608. The largest absolute Gasteiger partial charge is 0.385 e. The SMILES string of the molecule is [B]c1ccc(N/C=C(/C=C\C)c2c(-c3cc(C4=C(C)CCC=C4)cc(C(=C(C)C)c4ccccc4CCC)c3[B])cccc2-c2c(N)[nH]c3ccccc23)c(-c2ccccc2)c1. The van der Waals surface area contributed by atoms with Crippen LogP contribution in [-0.2, 0) is 6.42 Å². The zero-order chi connectivity index (χ0) is 43.3. The highest BCUT2D eigenvalue weighted by Crippen LogP contribution is 2.44. The Hall–Kier alpha value is -6.71. The third kappa shape index (κ3) is 8.33. The lowest BCUT2D eigenvalue weighted by molar-refractivity contribution is 0.918. The Bertz CT molecular complexity index is 2950. The fraction of sp³-hybridized carbons (Fsp3) is 0.158. The topological polar surface area (TPSA) is 53.8 Å². The molecule has 0 spiro atoms. The molecule has 6 aromatic carbocycles. The van der Waals surface area contributed by atoms with Crippen LogP contribution in [0.15, 0.2) is 169 Å². The molecule has 0 bridgehead atoms. The minimum absolute atomic E-state index is 0.608. The first-order valence-corrected chi connectivity index (χ1v) is 21.8. The van der Waals surface area contributed by atoms with Crippen molar-refractivity contribution in [1.29, 1.82) is 0 Å². The Morgan fingerprint density at radius 2 is 1.53 bits per heavy atom. The first-order chi connectivity index (χ1) is 30.2. The van der Waals surface area contributed by atoms with E-state index in [1.165, 1.54) is 33.4 Å². The number of nitrogens with two attached hydrogens (primary N) is 1. The first kappa shape index (κ1) is 42.0. The summed E-state index contributed by atoms with van der Waals surface area (Å²) >= 11 is 0. The molecule has 0 saturated carbocycles. The molecule has 4 radical (unpaired) electrons. The summed E-state index contributed by atoms with van der Waals surface area (Å²) in [6.07, 6.45) is 15.0. The third-order valence-corrected chi connectivity index (χ3v) is 12.0. The van der Waals surface area contributed by atoms with E-state index in [2.05, 4.69) is 160 Å². The number of para-hydroxylation sites is 1. The van der Waals surface area contributed by atoms with Crippen LogP contribution in [0.1, 0.15) is 81.7 Å². The Labute approximate surface area is 370 Å². The number of nitrogen functional groups attached to an aromatic ring is 1. The highest BCUT2D eigenvalue weighted by Gasteiger charge is 2.24. The molecule has 4 N–H and O–H groups in total. The lowest BCUT2D eigenvalue weighted by atomic mass is 9.74. The Kier molecular flexibility index (Phi) is 12.5. The van der Waals surface area contributed by atoms with Gasteiger partial charge in [0.25, 0.3) is 0 Å². The van der Waals surface area contributed by atoms with Crippen LogP contribution in [0.4, 0.5) is 11.5 Å². The number of H-pyrrole nitrogens is 1. The number of hydrogen-bond acceptors (Lipinski definition) is 2. The van der Waals surface area contributed by atoms with Gasteiger partial charge in [0, 0.05) is 33.9 Å². The van der Waals surface area contributed by atoms with Crippen molar-refractivity contribution < 1.29 is 0 Å². The van der Waals surface area contributed by atoms with Crippen molar-refractivity contribution in [3.05, 3.63) is 197 Å². The van der Waals surface area contributed by atoms with Gasteiger partial charge in [-0.1, -0.05) is 163 Å². The third-order valence-electron chi connectivity index (χ3n) is 12.0. The number of benzene rings is 6. The van der Waals surface area contributed by atoms with Crippen molar-refractivity contribution in [2.24, 2.45) is 0 Å². The number of aromatic nitrogens is 1. The first-order valence-electron chi connectivity index (χ1n) is 21.8. The summed E-state index contributed by atoms with van der Waals surface area (Å²) in [6.45, 7) is 11.0. The Balaban J connectivity index is 1.45. The molecule has 0 amide bonds. The van der Waals surface area contributed by atoms with E-state index in [-0.39, 0.29) is 0 Å². The van der Waals surface area contributed by atoms with E-state index in [9.17, 15) is 0 Å². The number of anilines is 2. The number of fused-ring (bicyclic) bond motifs is 1. The number of allylic oxidation sites excluding steroid dienone is 8. The maximum atomic E-state index is 7.68. The van der Waals surface area contributed by atoms with Crippen molar-refractivity contribution in [2.75, 3.05) is 11.1 Å². The molecule has 1 aromatic heterocycles. The van der Waals surface area contributed by atoms with Gasteiger partial charge in [-0.05, 0) is 138 Å². The average molecular weight is 802 g/mol. The summed E-state index contributed by atoms with van der Waals surface area (Å²) < 4.78 is 0. The van der Waals surface area contributed by atoms with Crippen molar-refractivity contribution in [2.45, 2.75) is 60.3 Å². The predicted molar refractivity (Wildman–Crippen MR) is 271 cm³/mol. The molecule has 1 heterocycles. The second-order valence-corrected chi connectivity index (χ2v) is 16.5. The second kappa shape index (κ2) is 18.5. The van der Waals surface area contributed by atoms with Crippen LogP contribution in [0.3, 0.4) is 0 Å². The molecule has 302 valence electrons. The van der Waals surface area contributed by atoms with Gasteiger partial charge in [-0.2, -0.15) is 0 Å². The minimum Gasteiger partial charge on any atom is -0.385 e.